The number of nitrogens with zero attached hydrogens (tertiary/aromatic N) is 1. The summed E-state index contributed by atoms with van der Waals surface area (Å²) in [6.07, 6.45) is 3.92. The van der Waals surface area contributed by atoms with Gasteiger partial charge in [0.1, 0.15) is 6.10 Å². The van der Waals surface area contributed by atoms with Crippen molar-refractivity contribution in [1.82, 2.24) is 15.5 Å². The molecule has 2 amide bonds. The number of aliphatic hydroxyl groups excluding tert-OH is 1. The molecule has 2 rings (SSSR count). The lowest BCUT2D eigenvalue weighted by atomic mass is 9.85. The Balaban J connectivity index is 2.59. The number of likely N-dealkylation sites (N-methyl/N-ethyl adjacent to an activating group) is 1. The largest absolute Gasteiger partial charge is 0.439 e. The summed E-state index contributed by atoms with van der Waals surface area (Å²) in [4.78, 5) is 54.3. The van der Waals surface area contributed by atoms with Gasteiger partial charge in [-0.05, 0) is 51.3 Å². The number of carbonyl (C=O) groups is 4. The SMILES string of the molecule is CCN(CC)CCNC1=C2C[C@@H](C)C[C@H](OC)[C@H](O)[C@@H](C)/C=C(\C)[C@H](OC(N)=O)[C@@H](OC)/C=C\C=C(/C)C(=O)NC(=CC1=O)C2=O. The van der Waals surface area contributed by atoms with Crippen LogP contribution in [0.3, 0.4) is 0 Å². The zero-order chi connectivity index (χ0) is 34.6. The first-order chi connectivity index (χ1) is 21.8. The van der Waals surface area contributed by atoms with Crippen LogP contribution in [0.15, 0.2) is 58.5 Å². The van der Waals surface area contributed by atoms with Crippen LogP contribution in [0.25, 0.3) is 0 Å². The van der Waals surface area contributed by atoms with Gasteiger partial charge in [-0.1, -0.05) is 52.0 Å². The molecule has 0 saturated heterocycles. The summed E-state index contributed by atoms with van der Waals surface area (Å²) in [5.41, 5.74) is 6.60. The minimum atomic E-state index is -0.996. The molecule has 1 aliphatic heterocycles. The lowest BCUT2D eigenvalue weighted by Crippen LogP contribution is -2.39. The Bertz CT molecular complexity index is 1260. The summed E-state index contributed by atoms with van der Waals surface area (Å²) >= 11 is 0. The Morgan fingerprint density at radius 2 is 1.80 bits per heavy atom. The molecule has 0 fully saturated rings. The van der Waals surface area contributed by atoms with Gasteiger partial charge in [-0.3, -0.25) is 14.4 Å². The zero-order valence-corrected chi connectivity index (χ0v) is 28.4. The maximum atomic E-state index is 13.8. The van der Waals surface area contributed by atoms with Crippen molar-refractivity contribution < 1.29 is 38.5 Å². The van der Waals surface area contributed by atoms with Crippen molar-refractivity contribution in [2.75, 3.05) is 40.4 Å². The highest BCUT2D eigenvalue weighted by molar-refractivity contribution is 6.23. The summed E-state index contributed by atoms with van der Waals surface area (Å²) in [5, 5.41) is 17.1. The van der Waals surface area contributed by atoms with Crippen LogP contribution in [0.1, 0.15) is 54.4 Å². The third-order valence-electron chi connectivity index (χ3n) is 8.42. The van der Waals surface area contributed by atoms with Crippen LogP contribution in [-0.4, -0.2) is 98.4 Å². The molecule has 2 bridgehead atoms. The van der Waals surface area contributed by atoms with E-state index in [0.29, 0.717) is 25.1 Å². The standard InChI is InChI=1S/C34H52N4O8/c1-9-38(10-2)15-14-36-29-24-16-20(3)17-28(45-8)30(40)22(5)18-23(6)32(46-34(35)43)27(44-7)13-11-12-21(4)33(42)37-25(31(24)41)19-26(29)39/h11-13,18-20,22,27-28,30,32,36,40H,9-10,14-17H2,1-8H3,(H2,35,43)(H,37,42)/b13-11-,21-12+,23-18+/t20-,22+,27+,28+,30-,32+/m1/s1. The molecule has 0 saturated carbocycles. The summed E-state index contributed by atoms with van der Waals surface area (Å²) in [6.45, 7) is 14.0. The lowest BCUT2D eigenvalue weighted by Gasteiger charge is -2.30. The van der Waals surface area contributed by atoms with Gasteiger partial charge in [-0.25, -0.2) is 4.79 Å². The van der Waals surface area contributed by atoms with Gasteiger partial charge >= 0.3 is 6.09 Å². The first-order valence-electron chi connectivity index (χ1n) is 15.8. The molecular weight excluding hydrogens is 592 g/mol. The smallest absolute Gasteiger partial charge is 0.405 e. The normalized spacial score (nSPS) is 30.1. The molecule has 0 aromatic carbocycles. The Morgan fingerprint density at radius 3 is 2.39 bits per heavy atom. The Labute approximate surface area is 272 Å². The zero-order valence-electron chi connectivity index (χ0n) is 28.4. The van der Waals surface area contributed by atoms with E-state index >= 15 is 0 Å². The van der Waals surface area contributed by atoms with E-state index in [0.717, 1.165) is 19.2 Å². The number of Topliss-reactive ketones (excluding diaryl/α,β-unsaturated/α-hetero) is 1. The predicted molar refractivity (Wildman–Crippen MR) is 175 cm³/mol. The predicted octanol–water partition coefficient (Wildman–Crippen LogP) is 2.69. The molecule has 1 heterocycles. The van der Waals surface area contributed by atoms with E-state index in [9.17, 15) is 24.3 Å². The molecule has 256 valence electrons. The summed E-state index contributed by atoms with van der Waals surface area (Å²) in [7, 11) is 2.94. The molecule has 2 aliphatic rings. The number of primary amides is 1. The number of fused-ring (bicyclic) bond motifs is 2. The molecule has 6 atom stereocenters. The number of ketones is 2. The van der Waals surface area contributed by atoms with Crippen LogP contribution in [-0.2, 0) is 28.6 Å². The van der Waals surface area contributed by atoms with Crippen LogP contribution >= 0.6 is 0 Å². The van der Waals surface area contributed by atoms with Crippen LogP contribution in [0.5, 0.6) is 0 Å². The van der Waals surface area contributed by atoms with Crippen LogP contribution in [0.4, 0.5) is 4.79 Å². The molecule has 1 aliphatic carbocycles. The number of hydrogen-bond acceptors (Lipinski definition) is 10. The topological polar surface area (TPSA) is 170 Å². The van der Waals surface area contributed by atoms with Gasteiger partial charge in [0, 0.05) is 50.4 Å². The van der Waals surface area contributed by atoms with Gasteiger partial charge in [0.2, 0.25) is 11.6 Å². The number of nitrogens with one attached hydrogen (secondary N) is 2. The molecule has 0 aromatic heterocycles. The average molecular weight is 645 g/mol. The third kappa shape index (κ3) is 10.8. The molecule has 0 aromatic rings. The molecule has 0 spiro atoms. The second-order valence-electron chi connectivity index (χ2n) is 11.9. The number of amides is 2. The fraction of sp³-hybridized carbons (Fsp3) is 0.588. The van der Waals surface area contributed by atoms with E-state index in [1.54, 1.807) is 32.1 Å². The molecule has 0 radical (unpaired) electrons. The number of allylic oxidation sites excluding steroid dienone is 4. The van der Waals surface area contributed by atoms with Crippen molar-refractivity contribution in [2.45, 2.75) is 78.8 Å². The van der Waals surface area contributed by atoms with Crippen molar-refractivity contribution in [2.24, 2.45) is 17.6 Å². The average Bonchev–Trinajstić information content (AvgIpc) is 3.01. The van der Waals surface area contributed by atoms with E-state index in [4.69, 9.17) is 19.9 Å². The highest BCUT2D eigenvalue weighted by Crippen LogP contribution is 2.28. The number of nitrogens with two attached hydrogens (primary N) is 1. The van der Waals surface area contributed by atoms with Gasteiger partial charge in [-0.15, -0.1) is 0 Å². The molecule has 12 heteroatoms. The number of aliphatic hydroxyl groups is 1. The lowest BCUT2D eigenvalue weighted by molar-refractivity contribution is -0.120. The fourth-order valence-electron chi connectivity index (χ4n) is 5.66. The quantitative estimate of drug-likeness (QED) is 0.216. The summed E-state index contributed by atoms with van der Waals surface area (Å²) < 4.78 is 16.7. The van der Waals surface area contributed by atoms with Crippen molar-refractivity contribution in [1.29, 1.82) is 0 Å². The van der Waals surface area contributed by atoms with Crippen LogP contribution in [0.2, 0.25) is 0 Å². The fourth-order valence-corrected chi connectivity index (χ4v) is 5.66. The maximum Gasteiger partial charge on any atom is 0.405 e. The number of ether oxygens (including phenoxy) is 3. The number of methoxy groups -OCH3 is 2. The maximum absolute atomic E-state index is 13.8. The monoisotopic (exact) mass is 644 g/mol. The van der Waals surface area contributed by atoms with Crippen LogP contribution < -0.4 is 16.4 Å². The molecule has 5 N–H and O–H groups in total. The van der Waals surface area contributed by atoms with Gasteiger partial charge in [0.15, 0.2) is 6.10 Å². The minimum absolute atomic E-state index is 0.109. The number of rotatable bonds is 9. The van der Waals surface area contributed by atoms with Crippen LogP contribution in [0, 0.1) is 11.8 Å². The van der Waals surface area contributed by atoms with Gasteiger partial charge in [-0.2, -0.15) is 0 Å². The van der Waals surface area contributed by atoms with Gasteiger partial charge < -0.3 is 40.6 Å². The second-order valence-corrected chi connectivity index (χ2v) is 11.9. The first-order valence-corrected chi connectivity index (χ1v) is 15.8. The summed E-state index contributed by atoms with van der Waals surface area (Å²) in [5.74, 6) is -2.04. The Hall–Kier alpha value is -3.58. The highest BCUT2D eigenvalue weighted by Gasteiger charge is 2.33. The molecule has 0 unspecified atom stereocenters. The van der Waals surface area contributed by atoms with Crippen molar-refractivity contribution >= 4 is 23.6 Å². The number of carbonyl (C=O) groups excluding carboxylic acids is 4. The van der Waals surface area contributed by atoms with E-state index in [1.165, 1.54) is 20.3 Å². The minimum Gasteiger partial charge on any atom is -0.439 e. The Kier molecular flexibility index (Phi) is 15.6. The number of hydrogen-bond donors (Lipinski definition) is 4. The van der Waals surface area contributed by atoms with Crippen molar-refractivity contribution in [3.05, 3.63) is 58.5 Å². The van der Waals surface area contributed by atoms with Gasteiger partial charge in [0.05, 0.1) is 23.6 Å². The first kappa shape index (κ1) is 38.6. The third-order valence-corrected chi connectivity index (χ3v) is 8.42. The highest BCUT2D eigenvalue weighted by atomic mass is 16.6. The van der Waals surface area contributed by atoms with Crippen molar-refractivity contribution in [3.8, 4) is 0 Å². The van der Waals surface area contributed by atoms with E-state index in [2.05, 4.69) is 29.4 Å². The summed E-state index contributed by atoms with van der Waals surface area (Å²) in [6, 6.07) is 0. The molecule has 46 heavy (non-hydrogen) atoms. The van der Waals surface area contributed by atoms with E-state index < -0.39 is 53.9 Å². The molecule has 12 nitrogen and oxygen atoms in total. The Morgan fingerprint density at radius 1 is 1.13 bits per heavy atom. The van der Waals surface area contributed by atoms with Gasteiger partial charge in [0.25, 0.3) is 5.91 Å². The van der Waals surface area contributed by atoms with E-state index in [1.807, 2.05) is 13.8 Å². The van der Waals surface area contributed by atoms with Crippen molar-refractivity contribution in [3.63, 3.8) is 0 Å². The molecular formula is C34H52N4O8. The van der Waals surface area contributed by atoms with E-state index in [-0.39, 0.29) is 34.9 Å². The second kappa shape index (κ2) is 18.5.